The number of aliphatic hydroxyl groups is 1. The Morgan fingerprint density at radius 1 is 1.31 bits per heavy atom. The van der Waals surface area contributed by atoms with E-state index in [4.69, 9.17) is 0 Å². The molecule has 88 valence electrons. The predicted molar refractivity (Wildman–Crippen MR) is 63.3 cm³/mol. The minimum absolute atomic E-state index is 0.00248. The number of para-hydroxylation sites is 1. The molecule has 0 aromatic heterocycles. The van der Waals surface area contributed by atoms with E-state index in [1.54, 1.807) is 0 Å². The highest BCUT2D eigenvalue weighted by Gasteiger charge is 2.36. The van der Waals surface area contributed by atoms with Gasteiger partial charge in [-0.3, -0.25) is 0 Å². The van der Waals surface area contributed by atoms with Crippen LogP contribution in [0.25, 0.3) is 0 Å². The zero-order chi connectivity index (χ0) is 11.8. The second kappa shape index (κ2) is 4.07. The van der Waals surface area contributed by atoms with Crippen molar-refractivity contribution in [3.05, 3.63) is 29.8 Å². The van der Waals surface area contributed by atoms with Gasteiger partial charge in [0.25, 0.3) is 0 Å². The third-order valence-corrected chi connectivity index (χ3v) is 4.52. The van der Waals surface area contributed by atoms with E-state index in [9.17, 15) is 13.5 Å². The van der Waals surface area contributed by atoms with Crippen molar-refractivity contribution in [1.29, 1.82) is 0 Å². The lowest BCUT2D eigenvalue weighted by Crippen LogP contribution is -2.32. The van der Waals surface area contributed by atoms with Crippen LogP contribution in [0, 0.1) is 6.92 Å². The Morgan fingerprint density at radius 3 is 2.56 bits per heavy atom. The Labute approximate surface area is 95.2 Å². The molecule has 1 fully saturated rings. The van der Waals surface area contributed by atoms with Gasteiger partial charge in [0.1, 0.15) is 0 Å². The predicted octanol–water partition coefficient (Wildman–Crippen LogP) is 0.565. The van der Waals surface area contributed by atoms with Crippen LogP contribution in [0.15, 0.2) is 24.3 Å². The van der Waals surface area contributed by atoms with Crippen molar-refractivity contribution in [1.82, 2.24) is 0 Å². The fourth-order valence-electron chi connectivity index (χ4n) is 1.90. The molecule has 2 rings (SSSR count). The minimum Gasteiger partial charge on any atom is -0.390 e. The lowest BCUT2D eigenvalue weighted by Gasteiger charge is -2.17. The first-order valence-electron chi connectivity index (χ1n) is 5.18. The van der Waals surface area contributed by atoms with Crippen molar-refractivity contribution >= 4 is 15.5 Å². The summed E-state index contributed by atoms with van der Waals surface area (Å²) in [5.41, 5.74) is 1.92. The van der Waals surface area contributed by atoms with Crippen molar-refractivity contribution < 1.29 is 13.5 Å². The van der Waals surface area contributed by atoms with E-state index < -0.39 is 22.0 Å². The van der Waals surface area contributed by atoms with Crippen LogP contribution in [0.1, 0.15) is 5.56 Å². The molecular weight excluding hydrogens is 226 g/mol. The molecule has 0 aliphatic carbocycles. The second-order valence-electron chi connectivity index (χ2n) is 4.21. The third kappa shape index (κ3) is 2.36. The first-order valence-corrected chi connectivity index (χ1v) is 7.01. The van der Waals surface area contributed by atoms with Crippen molar-refractivity contribution in [2.75, 3.05) is 16.8 Å². The molecule has 0 bridgehead atoms. The average Bonchev–Trinajstić information content (AvgIpc) is 2.44. The Morgan fingerprint density at radius 2 is 2.00 bits per heavy atom. The Bertz CT molecular complexity index is 484. The maximum Gasteiger partial charge on any atom is 0.155 e. The van der Waals surface area contributed by atoms with Gasteiger partial charge in [-0.25, -0.2) is 8.42 Å². The summed E-state index contributed by atoms with van der Waals surface area (Å²) in [5.74, 6) is -0.140. The number of hydrogen-bond donors (Lipinski definition) is 2. The molecule has 1 heterocycles. The van der Waals surface area contributed by atoms with Crippen molar-refractivity contribution in [2.24, 2.45) is 0 Å². The average molecular weight is 241 g/mol. The van der Waals surface area contributed by atoms with Crippen LogP contribution in [0.4, 0.5) is 5.69 Å². The Kier molecular flexibility index (Phi) is 2.90. The van der Waals surface area contributed by atoms with Crippen LogP contribution in [-0.2, 0) is 9.84 Å². The minimum atomic E-state index is -3.09. The lowest BCUT2D eigenvalue weighted by molar-refractivity contribution is 0.190. The van der Waals surface area contributed by atoms with Crippen LogP contribution in [-0.4, -0.2) is 37.2 Å². The summed E-state index contributed by atoms with van der Waals surface area (Å²) in [7, 11) is -3.09. The summed E-state index contributed by atoms with van der Waals surface area (Å²) in [6.07, 6.45) is -0.815. The first-order chi connectivity index (χ1) is 7.48. The van der Waals surface area contributed by atoms with Gasteiger partial charge in [0.2, 0.25) is 0 Å². The molecule has 16 heavy (non-hydrogen) atoms. The standard InChI is InChI=1S/C11H15NO3S/c1-8-4-2-3-5-9(8)12-10-6-16(14,15)7-11(10)13/h2-5,10-13H,6-7H2,1H3. The van der Waals surface area contributed by atoms with Gasteiger partial charge in [0, 0.05) is 5.69 Å². The molecule has 1 aliphatic heterocycles. The molecule has 2 unspecified atom stereocenters. The van der Waals surface area contributed by atoms with Gasteiger partial charge in [-0.1, -0.05) is 18.2 Å². The molecule has 0 saturated carbocycles. The molecule has 0 radical (unpaired) electrons. The van der Waals surface area contributed by atoms with E-state index in [0.717, 1.165) is 11.3 Å². The zero-order valence-electron chi connectivity index (χ0n) is 9.05. The van der Waals surface area contributed by atoms with Gasteiger partial charge in [0.15, 0.2) is 9.84 Å². The topological polar surface area (TPSA) is 66.4 Å². The van der Waals surface area contributed by atoms with E-state index in [-0.39, 0.29) is 11.5 Å². The zero-order valence-corrected chi connectivity index (χ0v) is 9.87. The molecule has 2 N–H and O–H groups in total. The number of hydrogen-bond acceptors (Lipinski definition) is 4. The summed E-state index contributed by atoms with van der Waals surface area (Å²) in [4.78, 5) is 0. The van der Waals surface area contributed by atoms with Crippen LogP contribution in [0.5, 0.6) is 0 Å². The van der Waals surface area contributed by atoms with E-state index in [1.165, 1.54) is 0 Å². The fourth-order valence-corrected chi connectivity index (χ4v) is 3.64. The molecule has 0 amide bonds. The highest BCUT2D eigenvalue weighted by molar-refractivity contribution is 7.91. The van der Waals surface area contributed by atoms with Crippen molar-refractivity contribution in [3.8, 4) is 0 Å². The first kappa shape index (κ1) is 11.4. The maximum absolute atomic E-state index is 11.3. The van der Waals surface area contributed by atoms with Gasteiger partial charge >= 0.3 is 0 Å². The van der Waals surface area contributed by atoms with Gasteiger partial charge < -0.3 is 10.4 Å². The number of sulfone groups is 1. The number of benzene rings is 1. The van der Waals surface area contributed by atoms with Crippen LogP contribution in [0.3, 0.4) is 0 Å². The smallest absolute Gasteiger partial charge is 0.155 e. The summed E-state index contributed by atoms with van der Waals surface area (Å²) in [5, 5.41) is 12.7. The highest BCUT2D eigenvalue weighted by atomic mass is 32.2. The second-order valence-corrected chi connectivity index (χ2v) is 6.36. The quantitative estimate of drug-likeness (QED) is 0.794. The SMILES string of the molecule is Cc1ccccc1NC1CS(=O)(=O)CC1O. The molecule has 1 aromatic rings. The Hall–Kier alpha value is -1.07. The van der Waals surface area contributed by atoms with Gasteiger partial charge in [-0.15, -0.1) is 0 Å². The molecule has 4 nitrogen and oxygen atoms in total. The van der Waals surface area contributed by atoms with E-state index in [0.29, 0.717) is 0 Å². The van der Waals surface area contributed by atoms with Gasteiger partial charge in [-0.05, 0) is 18.6 Å². The molecule has 0 spiro atoms. The summed E-state index contributed by atoms with van der Waals surface area (Å²) in [6, 6.07) is 7.23. The number of rotatable bonds is 2. The monoisotopic (exact) mass is 241 g/mol. The van der Waals surface area contributed by atoms with E-state index >= 15 is 0 Å². The molecule has 1 saturated heterocycles. The molecule has 1 aliphatic rings. The molecule has 1 aromatic carbocycles. The third-order valence-electron chi connectivity index (χ3n) is 2.81. The lowest BCUT2D eigenvalue weighted by atomic mass is 10.1. The molecule has 2 atom stereocenters. The molecular formula is C11H15NO3S. The molecule has 5 heteroatoms. The maximum atomic E-state index is 11.3. The largest absolute Gasteiger partial charge is 0.390 e. The normalized spacial score (nSPS) is 27.9. The van der Waals surface area contributed by atoms with Crippen LogP contribution < -0.4 is 5.32 Å². The Balaban J connectivity index is 2.15. The summed E-state index contributed by atoms with van der Waals surface area (Å²) < 4.78 is 22.7. The van der Waals surface area contributed by atoms with Crippen LogP contribution in [0.2, 0.25) is 0 Å². The number of aryl methyl sites for hydroxylation is 1. The van der Waals surface area contributed by atoms with Crippen molar-refractivity contribution in [2.45, 2.75) is 19.1 Å². The summed E-state index contributed by atoms with van der Waals surface area (Å²) >= 11 is 0. The number of nitrogens with one attached hydrogen (secondary N) is 1. The summed E-state index contributed by atoms with van der Waals surface area (Å²) in [6.45, 7) is 1.94. The number of aliphatic hydroxyl groups excluding tert-OH is 1. The fraction of sp³-hybridized carbons (Fsp3) is 0.455. The van der Waals surface area contributed by atoms with Crippen molar-refractivity contribution in [3.63, 3.8) is 0 Å². The van der Waals surface area contributed by atoms with Crippen LogP contribution >= 0.6 is 0 Å². The van der Waals surface area contributed by atoms with Gasteiger partial charge in [0.05, 0.1) is 23.7 Å². The van der Waals surface area contributed by atoms with Gasteiger partial charge in [-0.2, -0.15) is 0 Å². The number of anilines is 1. The highest BCUT2D eigenvalue weighted by Crippen LogP contribution is 2.20. The van der Waals surface area contributed by atoms with E-state index in [1.807, 2.05) is 31.2 Å². The van der Waals surface area contributed by atoms with E-state index in [2.05, 4.69) is 5.32 Å².